The highest BCUT2D eigenvalue weighted by molar-refractivity contribution is 5.90. The molecule has 1 aliphatic heterocycles. The molecule has 3 rings (SSSR count). The van der Waals surface area contributed by atoms with Gasteiger partial charge in [0.25, 0.3) is 0 Å². The Labute approximate surface area is 182 Å². The number of hydrogen-bond donors (Lipinski definition) is 3. The molecule has 1 aromatic carbocycles. The van der Waals surface area contributed by atoms with E-state index in [1.165, 1.54) is 7.11 Å². The van der Waals surface area contributed by atoms with Crippen molar-refractivity contribution < 1.29 is 19.4 Å². The van der Waals surface area contributed by atoms with E-state index in [1.54, 1.807) is 31.2 Å². The Morgan fingerprint density at radius 1 is 1.19 bits per heavy atom. The number of carbonyl (C=O) groups excluding carboxylic acids is 2. The molecule has 2 aromatic rings. The maximum atomic E-state index is 12.2. The number of rotatable bonds is 8. The van der Waals surface area contributed by atoms with E-state index in [9.17, 15) is 14.7 Å². The number of nitrogens with zero attached hydrogens (tertiary/aromatic N) is 3. The quantitative estimate of drug-likeness (QED) is 0.556. The highest BCUT2D eigenvalue weighted by atomic mass is 16.5. The third-order valence-corrected chi connectivity index (χ3v) is 5.50. The zero-order valence-electron chi connectivity index (χ0n) is 18.2. The first kappa shape index (κ1) is 22.6. The summed E-state index contributed by atoms with van der Waals surface area (Å²) in [6, 6.07) is 6.79. The number of unbranched alkanes of at least 4 members (excludes halogenated alkanes) is 1. The fourth-order valence-corrected chi connectivity index (χ4v) is 3.73. The molecule has 1 aliphatic rings. The molecule has 1 aromatic heterocycles. The average Bonchev–Trinajstić information content (AvgIpc) is 3.07. The van der Waals surface area contributed by atoms with E-state index in [-0.39, 0.29) is 17.6 Å². The number of benzene rings is 1. The summed E-state index contributed by atoms with van der Waals surface area (Å²) < 4.78 is 5.05. The molecule has 1 fully saturated rings. The van der Waals surface area contributed by atoms with Gasteiger partial charge in [-0.05, 0) is 50.6 Å². The maximum Gasteiger partial charge on any atom is 0.225 e. The summed E-state index contributed by atoms with van der Waals surface area (Å²) in [4.78, 5) is 28.0. The molecule has 9 heteroatoms. The molecular weight excluding hydrogens is 398 g/mol. The van der Waals surface area contributed by atoms with Gasteiger partial charge in [-0.2, -0.15) is 5.10 Å². The van der Waals surface area contributed by atoms with Crippen molar-refractivity contribution in [2.45, 2.75) is 32.6 Å². The first-order valence-corrected chi connectivity index (χ1v) is 10.7. The second-order valence-electron chi connectivity index (χ2n) is 7.76. The molecular formula is C22H31N5O4. The van der Waals surface area contributed by atoms with Crippen LogP contribution < -0.4 is 10.1 Å². The summed E-state index contributed by atoms with van der Waals surface area (Å²) in [7, 11) is 1.49. The van der Waals surface area contributed by atoms with Gasteiger partial charge in [0.05, 0.1) is 12.8 Å². The summed E-state index contributed by atoms with van der Waals surface area (Å²) >= 11 is 0. The fraction of sp³-hybridized carbons (Fsp3) is 0.500. The molecule has 31 heavy (non-hydrogen) atoms. The molecule has 0 atom stereocenters. The summed E-state index contributed by atoms with van der Waals surface area (Å²) in [5, 5.41) is 19.7. The highest BCUT2D eigenvalue weighted by Gasteiger charge is 2.16. The van der Waals surface area contributed by atoms with Gasteiger partial charge in [0.1, 0.15) is 0 Å². The van der Waals surface area contributed by atoms with Crippen molar-refractivity contribution >= 4 is 17.6 Å². The number of H-pyrrole nitrogens is 1. The minimum absolute atomic E-state index is 0.0404. The second kappa shape index (κ2) is 10.8. The van der Waals surface area contributed by atoms with E-state index >= 15 is 0 Å². The van der Waals surface area contributed by atoms with Crippen molar-refractivity contribution in [2.75, 3.05) is 45.2 Å². The van der Waals surface area contributed by atoms with Gasteiger partial charge in [-0.3, -0.25) is 14.7 Å². The Hall–Kier alpha value is -3.07. The molecule has 1 saturated heterocycles. The number of phenols is 1. The van der Waals surface area contributed by atoms with Gasteiger partial charge >= 0.3 is 0 Å². The van der Waals surface area contributed by atoms with Crippen molar-refractivity contribution in [2.24, 2.45) is 0 Å². The zero-order chi connectivity index (χ0) is 22.2. The van der Waals surface area contributed by atoms with Gasteiger partial charge < -0.3 is 25.0 Å². The van der Waals surface area contributed by atoms with Crippen LogP contribution in [0.5, 0.6) is 11.5 Å². The number of anilines is 1. The Kier molecular flexibility index (Phi) is 7.88. The van der Waals surface area contributed by atoms with Crippen LogP contribution in [-0.4, -0.2) is 76.8 Å². The minimum atomic E-state index is -0.0748. The molecule has 9 nitrogen and oxygen atoms in total. The van der Waals surface area contributed by atoms with E-state index in [2.05, 4.69) is 20.4 Å². The standard InChI is InChI=1S/C22H31N5O4/c1-16(28)27-11-5-10-26(12-13-27)9-4-3-6-22(30)23-21-15-18(24-25-21)17-7-8-20(31-2)19(29)14-17/h7-8,14-15,29H,3-6,9-13H2,1-2H3,(H2,23,24,25,30). The van der Waals surface area contributed by atoms with Gasteiger partial charge in [0.2, 0.25) is 11.8 Å². The Morgan fingerprint density at radius 3 is 2.77 bits per heavy atom. The molecule has 0 radical (unpaired) electrons. The number of aromatic nitrogens is 2. The van der Waals surface area contributed by atoms with Crippen LogP contribution >= 0.6 is 0 Å². The first-order chi connectivity index (χ1) is 15.0. The summed E-state index contributed by atoms with van der Waals surface area (Å²) in [5.41, 5.74) is 1.43. The van der Waals surface area contributed by atoms with Crippen molar-refractivity contribution in [1.29, 1.82) is 0 Å². The molecule has 0 saturated carbocycles. The molecule has 168 valence electrons. The number of ether oxygens (including phenoxy) is 1. The summed E-state index contributed by atoms with van der Waals surface area (Å²) in [6.07, 6.45) is 3.15. The number of phenolic OH excluding ortho intramolecular Hbond substituents is 1. The van der Waals surface area contributed by atoms with E-state index in [0.29, 0.717) is 23.7 Å². The molecule has 3 N–H and O–H groups in total. The molecule has 2 amide bonds. The number of aromatic amines is 1. The number of hydrogen-bond acceptors (Lipinski definition) is 6. The van der Waals surface area contributed by atoms with Gasteiger partial charge in [-0.25, -0.2) is 0 Å². The van der Waals surface area contributed by atoms with Crippen LogP contribution in [0.2, 0.25) is 0 Å². The van der Waals surface area contributed by atoms with Crippen LogP contribution in [0, 0.1) is 0 Å². The Balaban J connectivity index is 1.39. The smallest absolute Gasteiger partial charge is 0.225 e. The largest absolute Gasteiger partial charge is 0.504 e. The molecule has 0 aliphatic carbocycles. The zero-order valence-corrected chi connectivity index (χ0v) is 18.2. The summed E-state index contributed by atoms with van der Waals surface area (Å²) in [6.45, 7) is 6.05. The SMILES string of the molecule is COc1ccc(-c2cc(NC(=O)CCCCN3CCCN(C(C)=O)CC3)n[nH]2)cc1O. The maximum absolute atomic E-state index is 12.2. The normalized spacial score (nSPS) is 14.8. The van der Waals surface area contributed by atoms with Crippen molar-refractivity contribution in [3.05, 3.63) is 24.3 Å². The predicted molar refractivity (Wildman–Crippen MR) is 118 cm³/mol. The number of amides is 2. The number of aromatic hydroxyl groups is 1. The van der Waals surface area contributed by atoms with E-state index in [4.69, 9.17) is 4.74 Å². The van der Waals surface area contributed by atoms with Gasteiger partial charge in [0, 0.05) is 44.6 Å². The van der Waals surface area contributed by atoms with E-state index in [1.807, 2.05) is 4.90 Å². The van der Waals surface area contributed by atoms with Crippen LogP contribution in [0.4, 0.5) is 5.82 Å². The topological polar surface area (TPSA) is 111 Å². The molecule has 0 spiro atoms. The third-order valence-electron chi connectivity index (χ3n) is 5.50. The van der Waals surface area contributed by atoms with Crippen molar-refractivity contribution in [3.8, 4) is 22.8 Å². The second-order valence-corrected chi connectivity index (χ2v) is 7.76. The lowest BCUT2D eigenvalue weighted by Gasteiger charge is -2.20. The molecule has 0 unspecified atom stereocenters. The minimum Gasteiger partial charge on any atom is -0.504 e. The van der Waals surface area contributed by atoms with Crippen LogP contribution in [0.25, 0.3) is 11.3 Å². The van der Waals surface area contributed by atoms with Crippen LogP contribution in [-0.2, 0) is 9.59 Å². The van der Waals surface area contributed by atoms with Crippen molar-refractivity contribution in [3.63, 3.8) is 0 Å². The third kappa shape index (κ3) is 6.45. The Bertz CT molecular complexity index is 898. The van der Waals surface area contributed by atoms with Crippen molar-refractivity contribution in [1.82, 2.24) is 20.0 Å². The number of methoxy groups -OCH3 is 1. The summed E-state index contributed by atoms with van der Waals surface area (Å²) in [5.74, 6) is 0.956. The Morgan fingerprint density at radius 2 is 2.03 bits per heavy atom. The predicted octanol–water partition coefficient (Wildman–Crippen LogP) is 2.45. The van der Waals surface area contributed by atoms with Crippen LogP contribution in [0.3, 0.4) is 0 Å². The number of nitrogens with one attached hydrogen (secondary N) is 2. The van der Waals surface area contributed by atoms with Crippen LogP contribution in [0.15, 0.2) is 24.3 Å². The lowest BCUT2D eigenvalue weighted by atomic mass is 10.1. The average molecular weight is 430 g/mol. The first-order valence-electron chi connectivity index (χ1n) is 10.7. The lowest BCUT2D eigenvalue weighted by molar-refractivity contribution is -0.128. The fourth-order valence-electron chi connectivity index (χ4n) is 3.73. The number of carbonyl (C=O) groups is 2. The monoisotopic (exact) mass is 429 g/mol. The molecule has 2 heterocycles. The van der Waals surface area contributed by atoms with E-state index in [0.717, 1.165) is 57.5 Å². The highest BCUT2D eigenvalue weighted by Crippen LogP contribution is 2.31. The van der Waals surface area contributed by atoms with Gasteiger partial charge in [-0.1, -0.05) is 0 Å². The van der Waals surface area contributed by atoms with Gasteiger partial charge in [-0.15, -0.1) is 0 Å². The van der Waals surface area contributed by atoms with Gasteiger partial charge in [0.15, 0.2) is 17.3 Å². The lowest BCUT2D eigenvalue weighted by Crippen LogP contribution is -2.34. The molecule has 0 bridgehead atoms. The van der Waals surface area contributed by atoms with Crippen LogP contribution in [0.1, 0.15) is 32.6 Å². The van der Waals surface area contributed by atoms with E-state index < -0.39 is 0 Å².